The molecule has 0 radical (unpaired) electrons. The number of ether oxygens (including phenoxy) is 15. The van der Waals surface area contributed by atoms with Crippen molar-refractivity contribution in [1.29, 1.82) is 0 Å². The molecule has 6 aliphatic heterocycles. The first-order valence-electron chi connectivity index (χ1n) is 33.0. The van der Waals surface area contributed by atoms with Crippen LogP contribution in [0.25, 0.3) is 31.3 Å². The molecule has 6 unspecified atom stereocenters. The third-order valence-electron chi connectivity index (χ3n) is 18.1. The number of azide groups is 3. The van der Waals surface area contributed by atoms with Gasteiger partial charge >= 0.3 is 31.2 Å². The minimum Gasteiger partial charge on any atom is -0.373 e. The van der Waals surface area contributed by atoms with Crippen LogP contribution in [-0.2, 0) is 135 Å². The molecule has 0 amide bonds. The summed E-state index contributed by atoms with van der Waals surface area (Å²) in [5.74, 6) is -0.131. The van der Waals surface area contributed by atoms with Crippen LogP contribution in [0.4, 0.5) is 0 Å². The van der Waals surface area contributed by atoms with Gasteiger partial charge in [0.05, 0.1) is 121 Å². The first-order valence-corrected chi connectivity index (χ1v) is 37.1. The summed E-state index contributed by atoms with van der Waals surface area (Å²) in [6, 6.07) is 24.1. The molecule has 36 nitrogen and oxygen atoms in total. The van der Waals surface area contributed by atoms with Crippen LogP contribution in [-0.4, -0.2) is 208 Å². The van der Waals surface area contributed by atoms with Crippen molar-refractivity contribution >= 4 is 31.2 Å². The maximum absolute atomic E-state index is 12.3. The van der Waals surface area contributed by atoms with E-state index in [9.17, 15) is 55.5 Å². The van der Waals surface area contributed by atoms with Gasteiger partial charge in [0.1, 0.15) is 30.5 Å². The SMILES string of the molecule is C#CCCCO[C@@H]1OC(COS(=O)(=O)O)[C@H](O[C@H]2C[C@H](OCc3ccccc3)[C@@H](O[C@@H]3OC(COS(=O)(=O)O)[C@H](O[C@H]4C[C@H](OCc5ccccc5)[C@@H](O[C@@H]5OC(COS(=O)(=O)O)[C@H](O[C@H]6C[C@H](OCc7ccccc7)[C@@H](C)CO6)[C@H](C)C5N=[N+]=[N-])CO4)[C@H](C)C3N=[N+]=[N-])CO2)[C@H](C)C1N=[N+]=[N-]. The lowest BCUT2D eigenvalue weighted by atomic mass is 9.88. The quantitative estimate of drug-likeness (QED) is 0.0128. The number of hydrogen-bond acceptors (Lipinski definition) is 27. The van der Waals surface area contributed by atoms with Crippen LogP contribution < -0.4 is 0 Å². The number of rotatable bonds is 35. The van der Waals surface area contributed by atoms with Crippen LogP contribution in [0.15, 0.2) is 106 Å². The van der Waals surface area contributed by atoms with Gasteiger partial charge in [0, 0.05) is 46.3 Å². The van der Waals surface area contributed by atoms with E-state index in [0.717, 1.165) is 16.7 Å². The third kappa shape index (κ3) is 23.8. The molecule has 6 aliphatic rings. The highest BCUT2D eigenvalue weighted by atomic mass is 32.3. The second-order valence-electron chi connectivity index (χ2n) is 25.2. The Labute approximate surface area is 590 Å². The molecule has 0 bridgehead atoms. The molecule has 6 fully saturated rings. The molecule has 0 aromatic heterocycles. The van der Waals surface area contributed by atoms with Crippen LogP contribution in [0.2, 0.25) is 0 Å². The first-order chi connectivity index (χ1) is 48.9. The fraction of sp³-hybridized carbons (Fsp3) is 0.683. The van der Waals surface area contributed by atoms with Gasteiger partial charge in [-0.05, 0) is 57.5 Å². The molecule has 562 valence electrons. The van der Waals surface area contributed by atoms with Crippen molar-refractivity contribution in [1.82, 2.24) is 0 Å². The molecule has 3 N–H and O–H groups in total. The van der Waals surface area contributed by atoms with Gasteiger partial charge in [-0.1, -0.05) is 134 Å². The van der Waals surface area contributed by atoms with Gasteiger partial charge in [0.25, 0.3) is 0 Å². The highest BCUT2D eigenvalue weighted by molar-refractivity contribution is 7.81. The summed E-state index contributed by atoms with van der Waals surface area (Å²) < 4.78 is 213. The molecule has 0 aliphatic carbocycles. The zero-order valence-electron chi connectivity index (χ0n) is 56.1. The summed E-state index contributed by atoms with van der Waals surface area (Å²) in [5.41, 5.74) is 32.2. The van der Waals surface area contributed by atoms with E-state index in [1.54, 1.807) is 45.0 Å². The number of terminal acetylenes is 1. The predicted molar refractivity (Wildman–Crippen MR) is 350 cm³/mol. The van der Waals surface area contributed by atoms with Crippen LogP contribution >= 0.6 is 0 Å². The van der Waals surface area contributed by atoms with E-state index in [1.165, 1.54) is 0 Å². The molecular weight excluding hydrogens is 1410 g/mol. The standard InChI is InChI=1S/C63H85N9O27S3/c1-6-7-17-24-82-61-55(67-70-64)38(3)58(49(94-61)34-89-100(73,74)75)98-53-26-45(84-30-42-20-13-9-14-21-42)47(32-87-53)93-63-57(69-72-66)40(5)60(51(96-63)36-91-102(79,80)81)99-54-27-46(85-31-43-22-15-10-16-23-43)48(33-88-54)92-62-56(68-71-65)39(4)59(50(95-62)35-90-101(76,77)78)97-52-25-44(37(2)28-86-52)83-29-41-18-11-8-12-19-41/h1,8-16,18-23,37-40,44-63H,7,17,24-36H2,2-5H3,(H,73,74,75)(H,76,77,78)(H,79,80,81)/t37-,38+,39+,40+,44-,45-,46-,47-,48-,49?,50?,51?,52-,53-,54-,55?,56?,57?,58+,59+,60+,61+,62+,63+/m0/s1. The van der Waals surface area contributed by atoms with Gasteiger partial charge in [-0.15, -0.1) is 12.3 Å². The van der Waals surface area contributed by atoms with Crippen LogP contribution in [0, 0.1) is 36.0 Å². The number of unbranched alkanes of at least 4 members (excludes halogenated alkanes) is 1. The van der Waals surface area contributed by atoms with Gasteiger partial charge in [0.15, 0.2) is 37.7 Å². The highest BCUT2D eigenvalue weighted by Crippen LogP contribution is 2.41. The Morgan fingerprint density at radius 3 is 1.16 bits per heavy atom. The smallest absolute Gasteiger partial charge is 0.373 e. The average Bonchev–Trinajstić information content (AvgIpc) is 0.787. The molecule has 39 heteroatoms. The topological polar surface area (TPSA) is 476 Å². The Morgan fingerprint density at radius 2 is 0.804 bits per heavy atom. The van der Waals surface area contributed by atoms with Crippen molar-refractivity contribution in [3.05, 3.63) is 139 Å². The van der Waals surface area contributed by atoms with Crippen molar-refractivity contribution in [2.24, 2.45) is 39.0 Å². The van der Waals surface area contributed by atoms with Crippen LogP contribution in [0.3, 0.4) is 0 Å². The normalized spacial score (nSPS) is 34.6. The number of benzene rings is 3. The largest absolute Gasteiger partial charge is 0.397 e. The Kier molecular flexibility index (Phi) is 30.2. The van der Waals surface area contributed by atoms with E-state index in [-0.39, 0.29) is 70.9 Å². The minimum absolute atomic E-state index is 0.000806. The maximum atomic E-state index is 12.3. The second-order valence-corrected chi connectivity index (χ2v) is 28.5. The lowest BCUT2D eigenvalue weighted by Gasteiger charge is -2.48. The Hall–Kier alpha value is -5.84. The highest BCUT2D eigenvalue weighted by Gasteiger charge is 2.53. The van der Waals surface area contributed by atoms with E-state index < -0.39 is 186 Å². The summed E-state index contributed by atoms with van der Waals surface area (Å²) in [6.45, 7) is 4.38. The summed E-state index contributed by atoms with van der Waals surface area (Å²) in [4.78, 5) is 9.20. The zero-order valence-corrected chi connectivity index (χ0v) is 58.5. The fourth-order valence-electron chi connectivity index (χ4n) is 12.8. The van der Waals surface area contributed by atoms with Crippen molar-refractivity contribution in [2.75, 3.05) is 46.2 Å². The molecule has 0 saturated carbocycles. The number of hydrogen-bond donors (Lipinski definition) is 3. The Bertz CT molecular complexity index is 3660. The molecule has 9 rings (SSSR count). The molecule has 102 heavy (non-hydrogen) atoms. The van der Waals surface area contributed by atoms with Crippen LogP contribution in [0.1, 0.15) is 76.5 Å². The predicted octanol–water partition coefficient (Wildman–Crippen LogP) is 7.55. The molecule has 3 aromatic rings. The number of nitrogens with zero attached hydrogens (tertiary/aromatic N) is 9. The van der Waals surface area contributed by atoms with E-state index in [4.69, 9.17) is 90.0 Å². The second kappa shape index (κ2) is 38.4. The van der Waals surface area contributed by atoms with E-state index in [0.29, 0.717) is 19.4 Å². The monoisotopic (exact) mass is 1500 g/mol. The van der Waals surface area contributed by atoms with Gasteiger partial charge < -0.3 is 71.1 Å². The van der Waals surface area contributed by atoms with Crippen molar-refractivity contribution in [2.45, 2.75) is 203 Å². The van der Waals surface area contributed by atoms with Crippen molar-refractivity contribution in [3.8, 4) is 12.3 Å². The molecule has 6 saturated heterocycles. The molecule has 3 aromatic carbocycles. The summed E-state index contributed by atoms with van der Waals surface area (Å²) >= 11 is 0. The van der Waals surface area contributed by atoms with Gasteiger partial charge in [-0.3, -0.25) is 13.7 Å². The van der Waals surface area contributed by atoms with Gasteiger partial charge in [-0.25, -0.2) is 12.5 Å². The average molecular weight is 1500 g/mol. The molecular formula is C63H85N9O27S3. The first kappa shape index (κ1) is 80.3. The van der Waals surface area contributed by atoms with E-state index in [1.807, 2.05) is 73.7 Å². The van der Waals surface area contributed by atoms with Gasteiger partial charge in [-0.2, -0.15) is 25.3 Å². The maximum Gasteiger partial charge on any atom is 0.397 e. The summed E-state index contributed by atoms with van der Waals surface area (Å²) in [5, 5.41) is 12.1. The van der Waals surface area contributed by atoms with Gasteiger partial charge in [0.2, 0.25) is 0 Å². The molecule has 6 heterocycles. The Morgan fingerprint density at radius 1 is 0.471 bits per heavy atom. The zero-order chi connectivity index (χ0) is 73.0. The molecule has 0 spiro atoms. The fourth-order valence-corrected chi connectivity index (χ4v) is 13.8. The molecule has 24 atom stereocenters. The third-order valence-corrected chi connectivity index (χ3v) is 19.4. The van der Waals surface area contributed by atoms with Crippen LogP contribution in [0.5, 0.6) is 0 Å². The van der Waals surface area contributed by atoms with Crippen molar-refractivity contribution in [3.63, 3.8) is 0 Å². The Balaban J connectivity index is 0.928. The minimum atomic E-state index is -5.17. The van der Waals surface area contributed by atoms with E-state index >= 15 is 0 Å². The van der Waals surface area contributed by atoms with Crippen molar-refractivity contribution < 1.29 is 123 Å². The summed E-state index contributed by atoms with van der Waals surface area (Å²) in [6.07, 6.45) is -13.6. The lowest BCUT2D eigenvalue weighted by Crippen LogP contribution is -2.60. The summed E-state index contributed by atoms with van der Waals surface area (Å²) in [7, 11) is -15.2. The lowest BCUT2D eigenvalue weighted by molar-refractivity contribution is -0.343. The van der Waals surface area contributed by atoms with E-state index in [2.05, 4.69) is 36.0 Å².